The highest BCUT2D eigenvalue weighted by Crippen LogP contribution is 2.28. The summed E-state index contributed by atoms with van der Waals surface area (Å²) >= 11 is 1.27. The van der Waals surface area contributed by atoms with Crippen molar-refractivity contribution in [2.24, 2.45) is 11.7 Å². The molecule has 0 saturated carbocycles. The summed E-state index contributed by atoms with van der Waals surface area (Å²) in [5.41, 5.74) is 6.54. The summed E-state index contributed by atoms with van der Waals surface area (Å²) in [4.78, 5) is 0.936. The monoisotopic (exact) mass is 290 g/mol. The first-order chi connectivity index (χ1) is 8.32. The van der Waals surface area contributed by atoms with Crippen molar-refractivity contribution in [3.63, 3.8) is 0 Å². The van der Waals surface area contributed by atoms with Crippen molar-refractivity contribution in [3.05, 3.63) is 16.5 Å². The second-order valence-corrected chi connectivity index (χ2v) is 8.08. The van der Waals surface area contributed by atoms with Gasteiger partial charge in [0, 0.05) is 25.0 Å². The number of nitrogens with zero attached hydrogens (tertiary/aromatic N) is 1. The first-order valence-electron chi connectivity index (χ1n) is 6.08. The van der Waals surface area contributed by atoms with Gasteiger partial charge in [0.15, 0.2) is 0 Å². The molecule has 0 saturated heterocycles. The van der Waals surface area contributed by atoms with Gasteiger partial charge in [-0.25, -0.2) is 8.42 Å². The lowest BCUT2D eigenvalue weighted by Crippen LogP contribution is -2.30. The molecule has 0 bridgehead atoms. The minimum Gasteiger partial charge on any atom is -0.326 e. The molecule has 104 valence electrons. The maximum Gasteiger partial charge on any atom is 0.252 e. The molecule has 0 aliphatic rings. The van der Waals surface area contributed by atoms with Crippen LogP contribution in [0.3, 0.4) is 0 Å². The molecule has 1 aromatic heterocycles. The van der Waals surface area contributed by atoms with Crippen molar-refractivity contribution >= 4 is 21.4 Å². The summed E-state index contributed by atoms with van der Waals surface area (Å²) in [6.45, 7) is 6.95. The van der Waals surface area contributed by atoms with Gasteiger partial charge in [0.2, 0.25) is 0 Å². The van der Waals surface area contributed by atoms with E-state index in [4.69, 9.17) is 5.73 Å². The van der Waals surface area contributed by atoms with Crippen molar-refractivity contribution in [2.75, 3.05) is 13.6 Å². The van der Waals surface area contributed by atoms with Crippen LogP contribution < -0.4 is 5.73 Å². The Morgan fingerprint density at radius 2 is 2.11 bits per heavy atom. The smallest absolute Gasteiger partial charge is 0.252 e. The SMILES string of the molecule is CCC(C)CN(C)S(=O)(=O)c1cc(C)c(CN)s1. The van der Waals surface area contributed by atoms with E-state index in [9.17, 15) is 8.42 Å². The summed E-state index contributed by atoms with van der Waals surface area (Å²) < 4.78 is 26.6. The van der Waals surface area contributed by atoms with Gasteiger partial charge in [0.1, 0.15) is 4.21 Å². The lowest BCUT2D eigenvalue weighted by atomic mass is 10.1. The molecule has 4 nitrogen and oxygen atoms in total. The molecule has 0 fully saturated rings. The molecule has 1 rings (SSSR count). The zero-order valence-electron chi connectivity index (χ0n) is 11.4. The van der Waals surface area contributed by atoms with Crippen LogP contribution in [0, 0.1) is 12.8 Å². The molecule has 1 heterocycles. The first-order valence-corrected chi connectivity index (χ1v) is 8.34. The Hall–Kier alpha value is -0.430. The number of sulfonamides is 1. The van der Waals surface area contributed by atoms with E-state index in [-0.39, 0.29) is 0 Å². The van der Waals surface area contributed by atoms with E-state index >= 15 is 0 Å². The molecule has 1 atom stereocenters. The van der Waals surface area contributed by atoms with Crippen LogP contribution in [-0.4, -0.2) is 26.3 Å². The third-order valence-electron chi connectivity index (χ3n) is 3.11. The van der Waals surface area contributed by atoms with Crippen LogP contribution in [0.25, 0.3) is 0 Å². The minimum absolute atomic E-state index is 0.361. The van der Waals surface area contributed by atoms with Gasteiger partial charge in [-0.3, -0.25) is 0 Å². The Morgan fingerprint density at radius 1 is 1.50 bits per heavy atom. The molecular weight excluding hydrogens is 268 g/mol. The fourth-order valence-electron chi connectivity index (χ4n) is 1.64. The van der Waals surface area contributed by atoms with Crippen LogP contribution in [0.5, 0.6) is 0 Å². The highest BCUT2D eigenvalue weighted by atomic mass is 32.2. The van der Waals surface area contributed by atoms with Gasteiger partial charge in [0.25, 0.3) is 10.0 Å². The van der Waals surface area contributed by atoms with Crippen LogP contribution in [0.15, 0.2) is 10.3 Å². The number of rotatable bonds is 6. The van der Waals surface area contributed by atoms with Crippen molar-refractivity contribution in [1.82, 2.24) is 4.31 Å². The molecule has 2 N–H and O–H groups in total. The largest absolute Gasteiger partial charge is 0.326 e. The third kappa shape index (κ3) is 3.32. The topological polar surface area (TPSA) is 63.4 Å². The second-order valence-electron chi connectivity index (χ2n) is 4.67. The maximum atomic E-state index is 12.4. The van der Waals surface area contributed by atoms with E-state index in [1.165, 1.54) is 15.6 Å². The van der Waals surface area contributed by atoms with E-state index in [1.54, 1.807) is 13.1 Å². The summed E-state index contributed by atoms with van der Waals surface area (Å²) in [6.07, 6.45) is 0.970. The Balaban J connectivity index is 2.98. The van der Waals surface area contributed by atoms with Crippen molar-refractivity contribution in [1.29, 1.82) is 0 Å². The Labute approximate surface area is 114 Å². The highest BCUT2D eigenvalue weighted by Gasteiger charge is 2.24. The molecule has 0 aliphatic carbocycles. The minimum atomic E-state index is -3.36. The normalized spacial score (nSPS) is 14.1. The Kier molecular flexibility index (Phi) is 5.33. The van der Waals surface area contributed by atoms with E-state index in [0.717, 1.165) is 16.9 Å². The molecule has 0 amide bonds. The summed E-state index contributed by atoms with van der Waals surface area (Å²) in [5, 5.41) is 0. The van der Waals surface area contributed by atoms with Gasteiger partial charge in [0.05, 0.1) is 0 Å². The van der Waals surface area contributed by atoms with Crippen LogP contribution in [0.4, 0.5) is 0 Å². The van der Waals surface area contributed by atoms with Crippen molar-refractivity contribution < 1.29 is 8.42 Å². The molecule has 1 aromatic rings. The molecule has 6 heteroatoms. The summed E-state index contributed by atoms with van der Waals surface area (Å²) in [6, 6.07) is 1.72. The molecule has 0 spiro atoms. The molecule has 1 unspecified atom stereocenters. The van der Waals surface area contributed by atoms with E-state index in [2.05, 4.69) is 13.8 Å². The average Bonchev–Trinajstić information content (AvgIpc) is 2.70. The Morgan fingerprint density at radius 3 is 2.56 bits per heavy atom. The highest BCUT2D eigenvalue weighted by molar-refractivity contribution is 7.91. The van der Waals surface area contributed by atoms with Gasteiger partial charge in [-0.05, 0) is 24.5 Å². The number of nitrogens with two attached hydrogens (primary N) is 1. The van der Waals surface area contributed by atoms with Crippen LogP contribution in [0.2, 0.25) is 0 Å². The van der Waals surface area contributed by atoms with Gasteiger partial charge >= 0.3 is 0 Å². The summed E-state index contributed by atoms with van der Waals surface area (Å²) in [5.74, 6) is 0.361. The van der Waals surface area contributed by atoms with Crippen molar-refractivity contribution in [2.45, 2.75) is 37.9 Å². The second kappa shape index (κ2) is 6.14. The fourth-order valence-corrected chi connectivity index (χ4v) is 4.61. The van der Waals surface area contributed by atoms with Crippen LogP contribution in [-0.2, 0) is 16.6 Å². The Bertz CT molecular complexity index is 494. The number of hydrogen-bond acceptors (Lipinski definition) is 4. The summed E-state index contributed by atoms with van der Waals surface area (Å²) in [7, 11) is -1.72. The lowest BCUT2D eigenvalue weighted by molar-refractivity contribution is 0.394. The molecule has 0 radical (unpaired) electrons. The van der Waals surface area contributed by atoms with E-state index in [1.807, 2.05) is 6.92 Å². The number of thiophene rings is 1. The van der Waals surface area contributed by atoms with Gasteiger partial charge in [-0.15, -0.1) is 11.3 Å². The number of aryl methyl sites for hydroxylation is 1. The van der Waals surface area contributed by atoms with E-state index in [0.29, 0.717) is 23.2 Å². The van der Waals surface area contributed by atoms with Gasteiger partial charge in [-0.1, -0.05) is 20.3 Å². The maximum absolute atomic E-state index is 12.4. The third-order valence-corrected chi connectivity index (χ3v) is 6.65. The lowest BCUT2D eigenvalue weighted by Gasteiger charge is -2.19. The van der Waals surface area contributed by atoms with Gasteiger partial charge in [-0.2, -0.15) is 4.31 Å². The zero-order chi connectivity index (χ0) is 13.9. The standard InChI is InChI=1S/C12H22N2O2S2/c1-5-9(2)8-14(4)18(15,16)12-6-10(3)11(7-13)17-12/h6,9H,5,7-8,13H2,1-4H3. The first kappa shape index (κ1) is 15.6. The fraction of sp³-hybridized carbons (Fsp3) is 0.667. The molecule has 18 heavy (non-hydrogen) atoms. The molecule has 0 aliphatic heterocycles. The van der Waals surface area contributed by atoms with Gasteiger partial charge < -0.3 is 5.73 Å². The van der Waals surface area contributed by atoms with Crippen LogP contribution in [0.1, 0.15) is 30.7 Å². The zero-order valence-corrected chi connectivity index (χ0v) is 13.1. The predicted molar refractivity (Wildman–Crippen MR) is 76.2 cm³/mol. The van der Waals surface area contributed by atoms with E-state index < -0.39 is 10.0 Å². The quantitative estimate of drug-likeness (QED) is 0.873. The number of hydrogen-bond donors (Lipinski definition) is 1. The van der Waals surface area contributed by atoms with Crippen LogP contribution >= 0.6 is 11.3 Å². The molecular formula is C12H22N2O2S2. The average molecular weight is 290 g/mol. The molecule has 0 aromatic carbocycles. The van der Waals surface area contributed by atoms with Crippen molar-refractivity contribution in [3.8, 4) is 0 Å². The predicted octanol–water partition coefficient (Wildman–Crippen LogP) is 2.18.